The fourth-order valence-corrected chi connectivity index (χ4v) is 2.85. The Balaban J connectivity index is 1.66. The number of nitrogens with two attached hydrogens (primary N) is 1. The molecule has 19 heavy (non-hydrogen) atoms. The van der Waals surface area contributed by atoms with Gasteiger partial charge >= 0.3 is 0 Å². The molecule has 1 aromatic heterocycles. The van der Waals surface area contributed by atoms with Gasteiger partial charge in [-0.1, -0.05) is 5.16 Å². The van der Waals surface area contributed by atoms with Gasteiger partial charge in [0.2, 0.25) is 5.91 Å². The SMILES string of the molecule is NC(=O)CC1CN(C(=O)c2noc3c2CCCC3)C1. The minimum Gasteiger partial charge on any atom is -0.370 e. The molecular formula is C13H17N3O3. The lowest BCUT2D eigenvalue weighted by Gasteiger charge is -2.38. The van der Waals surface area contributed by atoms with Crippen molar-refractivity contribution in [2.24, 2.45) is 11.7 Å². The summed E-state index contributed by atoms with van der Waals surface area (Å²) in [5, 5.41) is 3.93. The molecule has 0 radical (unpaired) electrons. The normalized spacial score (nSPS) is 18.8. The molecule has 6 nitrogen and oxygen atoms in total. The van der Waals surface area contributed by atoms with Crippen LogP contribution in [0.15, 0.2) is 4.52 Å². The van der Waals surface area contributed by atoms with E-state index in [2.05, 4.69) is 5.16 Å². The van der Waals surface area contributed by atoms with E-state index in [1.165, 1.54) is 0 Å². The van der Waals surface area contributed by atoms with Crippen molar-refractivity contribution in [2.75, 3.05) is 13.1 Å². The second-order valence-electron chi connectivity index (χ2n) is 5.39. The van der Waals surface area contributed by atoms with Gasteiger partial charge in [0.15, 0.2) is 5.69 Å². The first kappa shape index (κ1) is 12.2. The van der Waals surface area contributed by atoms with Crippen LogP contribution in [-0.2, 0) is 17.6 Å². The highest BCUT2D eigenvalue weighted by Gasteiger charge is 2.35. The molecule has 1 aromatic rings. The van der Waals surface area contributed by atoms with E-state index in [1.807, 2.05) is 0 Å². The number of carbonyl (C=O) groups excluding carboxylic acids is 2. The van der Waals surface area contributed by atoms with Gasteiger partial charge in [-0.3, -0.25) is 9.59 Å². The first-order chi connectivity index (χ1) is 9.15. The molecule has 1 saturated heterocycles. The highest BCUT2D eigenvalue weighted by Crippen LogP contribution is 2.27. The molecule has 2 aliphatic rings. The topological polar surface area (TPSA) is 89.4 Å². The maximum Gasteiger partial charge on any atom is 0.276 e. The predicted molar refractivity (Wildman–Crippen MR) is 66.3 cm³/mol. The Labute approximate surface area is 110 Å². The van der Waals surface area contributed by atoms with Crippen LogP contribution in [0.5, 0.6) is 0 Å². The Morgan fingerprint density at radius 2 is 2.05 bits per heavy atom. The third-order valence-electron chi connectivity index (χ3n) is 3.89. The standard InChI is InChI=1S/C13H17N3O3/c14-11(17)5-8-6-16(7-8)13(18)12-9-3-1-2-4-10(9)19-15-12/h8H,1-7H2,(H2,14,17). The molecule has 0 spiro atoms. The zero-order chi connectivity index (χ0) is 13.4. The quantitative estimate of drug-likeness (QED) is 0.860. The average molecular weight is 263 g/mol. The number of amides is 2. The van der Waals surface area contributed by atoms with Crippen LogP contribution in [0, 0.1) is 5.92 Å². The summed E-state index contributed by atoms with van der Waals surface area (Å²) >= 11 is 0. The van der Waals surface area contributed by atoms with E-state index in [9.17, 15) is 9.59 Å². The van der Waals surface area contributed by atoms with Gasteiger partial charge in [-0.2, -0.15) is 0 Å². The summed E-state index contributed by atoms with van der Waals surface area (Å²) in [6, 6.07) is 0. The Bertz CT molecular complexity index is 517. The highest BCUT2D eigenvalue weighted by atomic mass is 16.5. The van der Waals surface area contributed by atoms with E-state index >= 15 is 0 Å². The van der Waals surface area contributed by atoms with Crippen molar-refractivity contribution >= 4 is 11.8 Å². The number of rotatable bonds is 3. The lowest BCUT2D eigenvalue weighted by atomic mass is 9.93. The Kier molecular flexibility index (Phi) is 3.00. The van der Waals surface area contributed by atoms with Crippen LogP contribution in [0.3, 0.4) is 0 Å². The van der Waals surface area contributed by atoms with Crippen LogP contribution < -0.4 is 5.73 Å². The maximum absolute atomic E-state index is 12.3. The van der Waals surface area contributed by atoms with Crippen molar-refractivity contribution < 1.29 is 14.1 Å². The molecule has 2 N–H and O–H groups in total. The van der Waals surface area contributed by atoms with Crippen molar-refractivity contribution in [3.63, 3.8) is 0 Å². The first-order valence-electron chi connectivity index (χ1n) is 6.70. The summed E-state index contributed by atoms with van der Waals surface area (Å²) in [5.41, 5.74) is 6.59. The van der Waals surface area contributed by atoms with Crippen LogP contribution in [0.2, 0.25) is 0 Å². The van der Waals surface area contributed by atoms with Crippen molar-refractivity contribution in [3.05, 3.63) is 17.0 Å². The van der Waals surface area contributed by atoms with E-state index in [0.29, 0.717) is 25.2 Å². The monoisotopic (exact) mass is 263 g/mol. The van der Waals surface area contributed by atoms with Crippen LogP contribution in [0.1, 0.15) is 41.1 Å². The van der Waals surface area contributed by atoms with Gasteiger partial charge in [0, 0.05) is 37.4 Å². The molecule has 0 aromatic carbocycles. The number of fused-ring (bicyclic) bond motifs is 1. The fraction of sp³-hybridized carbons (Fsp3) is 0.615. The van der Waals surface area contributed by atoms with Crippen LogP contribution in [0.4, 0.5) is 0 Å². The summed E-state index contributed by atoms with van der Waals surface area (Å²) in [7, 11) is 0. The lowest BCUT2D eigenvalue weighted by Crippen LogP contribution is -2.51. The van der Waals surface area contributed by atoms with Crippen LogP contribution in [-0.4, -0.2) is 35.0 Å². The molecule has 0 bridgehead atoms. The summed E-state index contributed by atoms with van der Waals surface area (Å²) in [6.45, 7) is 1.17. The highest BCUT2D eigenvalue weighted by molar-refractivity contribution is 5.94. The third kappa shape index (κ3) is 2.22. The van der Waals surface area contributed by atoms with E-state index in [0.717, 1.165) is 37.0 Å². The summed E-state index contributed by atoms with van der Waals surface area (Å²) < 4.78 is 5.25. The largest absolute Gasteiger partial charge is 0.370 e. The molecule has 2 heterocycles. The number of primary amides is 1. The van der Waals surface area contributed by atoms with Crippen molar-refractivity contribution in [2.45, 2.75) is 32.1 Å². The molecule has 3 rings (SSSR count). The van der Waals surface area contributed by atoms with Gasteiger partial charge in [-0.25, -0.2) is 0 Å². The average Bonchev–Trinajstić information content (AvgIpc) is 2.76. The summed E-state index contributed by atoms with van der Waals surface area (Å²) in [4.78, 5) is 24.8. The maximum atomic E-state index is 12.3. The third-order valence-corrected chi connectivity index (χ3v) is 3.89. The van der Waals surface area contributed by atoms with Gasteiger partial charge in [0.1, 0.15) is 5.76 Å². The molecule has 0 saturated carbocycles. The Morgan fingerprint density at radius 1 is 1.32 bits per heavy atom. The number of nitrogens with zero attached hydrogens (tertiary/aromatic N) is 2. The molecule has 2 amide bonds. The van der Waals surface area contributed by atoms with Crippen molar-refractivity contribution in [1.82, 2.24) is 10.1 Å². The van der Waals surface area contributed by atoms with E-state index in [4.69, 9.17) is 10.3 Å². The molecule has 1 aliphatic carbocycles. The number of aryl methyl sites for hydroxylation is 1. The number of hydrogen-bond acceptors (Lipinski definition) is 4. The van der Waals surface area contributed by atoms with Gasteiger partial charge in [-0.05, 0) is 19.3 Å². The Hall–Kier alpha value is -1.85. The molecule has 102 valence electrons. The zero-order valence-corrected chi connectivity index (χ0v) is 10.7. The van der Waals surface area contributed by atoms with Crippen LogP contribution in [0.25, 0.3) is 0 Å². The zero-order valence-electron chi connectivity index (χ0n) is 10.7. The molecule has 1 fully saturated rings. The summed E-state index contributed by atoms with van der Waals surface area (Å²) in [6.07, 6.45) is 4.28. The fourth-order valence-electron chi connectivity index (χ4n) is 2.85. The van der Waals surface area contributed by atoms with E-state index in [-0.39, 0.29) is 17.7 Å². The van der Waals surface area contributed by atoms with E-state index < -0.39 is 0 Å². The molecule has 0 atom stereocenters. The van der Waals surface area contributed by atoms with Crippen LogP contribution >= 0.6 is 0 Å². The second kappa shape index (κ2) is 4.68. The minimum absolute atomic E-state index is 0.0763. The first-order valence-corrected chi connectivity index (χ1v) is 6.70. The number of hydrogen-bond donors (Lipinski definition) is 1. The van der Waals surface area contributed by atoms with Gasteiger partial charge < -0.3 is 15.2 Å². The van der Waals surface area contributed by atoms with Gasteiger partial charge in [0.25, 0.3) is 5.91 Å². The number of likely N-dealkylation sites (tertiary alicyclic amines) is 1. The van der Waals surface area contributed by atoms with Gasteiger partial charge in [0.05, 0.1) is 0 Å². The number of carbonyl (C=O) groups is 2. The molecule has 6 heteroatoms. The minimum atomic E-state index is -0.309. The second-order valence-corrected chi connectivity index (χ2v) is 5.39. The molecule has 1 aliphatic heterocycles. The van der Waals surface area contributed by atoms with Gasteiger partial charge in [-0.15, -0.1) is 0 Å². The van der Waals surface area contributed by atoms with E-state index in [1.54, 1.807) is 4.90 Å². The predicted octanol–water partition coefficient (Wildman–Crippen LogP) is 0.501. The molecule has 0 unspecified atom stereocenters. The lowest BCUT2D eigenvalue weighted by molar-refractivity contribution is -0.119. The van der Waals surface area contributed by atoms with Crippen molar-refractivity contribution in [3.8, 4) is 0 Å². The smallest absolute Gasteiger partial charge is 0.276 e. The Morgan fingerprint density at radius 3 is 2.79 bits per heavy atom. The summed E-state index contributed by atoms with van der Waals surface area (Å²) in [5.74, 6) is 0.677. The van der Waals surface area contributed by atoms with Crippen molar-refractivity contribution in [1.29, 1.82) is 0 Å². The molecular weight excluding hydrogens is 246 g/mol. The number of aromatic nitrogens is 1.